The molecule has 13 heavy (non-hydrogen) atoms. The summed E-state index contributed by atoms with van der Waals surface area (Å²) in [6.45, 7) is 1.37. The second kappa shape index (κ2) is 3.49. The van der Waals surface area contributed by atoms with E-state index in [0.29, 0.717) is 6.61 Å². The van der Waals surface area contributed by atoms with Gasteiger partial charge in [-0.3, -0.25) is 4.90 Å². The summed E-state index contributed by atoms with van der Waals surface area (Å²) in [7, 11) is 1.94. The molecule has 2 unspecified atom stereocenters. The van der Waals surface area contributed by atoms with Crippen molar-refractivity contribution in [2.45, 2.75) is 12.3 Å². The molecule has 0 saturated carbocycles. The van der Waals surface area contributed by atoms with Gasteiger partial charge in [-0.2, -0.15) is 0 Å². The fourth-order valence-electron chi connectivity index (χ4n) is 1.58. The number of hydrogen-bond donors (Lipinski definition) is 1. The Morgan fingerprint density at radius 3 is 3.08 bits per heavy atom. The van der Waals surface area contributed by atoms with Crippen LogP contribution in [0.3, 0.4) is 0 Å². The van der Waals surface area contributed by atoms with Crippen LogP contribution in [-0.2, 0) is 4.74 Å². The molecular weight excluding hydrogens is 170 g/mol. The van der Waals surface area contributed by atoms with Crippen LogP contribution in [0, 0.1) is 0 Å². The van der Waals surface area contributed by atoms with E-state index in [1.807, 2.05) is 24.1 Å². The molecule has 2 atom stereocenters. The van der Waals surface area contributed by atoms with Crippen LogP contribution in [0.25, 0.3) is 0 Å². The number of ether oxygens (including phenoxy) is 1. The first kappa shape index (κ1) is 8.74. The lowest BCUT2D eigenvalue weighted by Gasteiger charge is -2.34. The summed E-state index contributed by atoms with van der Waals surface area (Å²) in [5.74, 6) is 0.745. The van der Waals surface area contributed by atoms with Crippen LogP contribution in [0.4, 0.5) is 0 Å². The number of aliphatic hydroxyl groups is 1. The first-order chi connectivity index (χ1) is 6.29. The number of nitrogens with zero attached hydrogens (tertiary/aromatic N) is 1. The van der Waals surface area contributed by atoms with Gasteiger partial charge in [0.05, 0.1) is 12.9 Å². The smallest absolute Gasteiger partial charge is 0.177 e. The van der Waals surface area contributed by atoms with Gasteiger partial charge in [-0.25, -0.2) is 0 Å². The van der Waals surface area contributed by atoms with Crippen molar-refractivity contribution < 1.29 is 14.3 Å². The lowest BCUT2D eigenvalue weighted by molar-refractivity contribution is -0.180. The van der Waals surface area contributed by atoms with Crippen LogP contribution in [0.15, 0.2) is 22.8 Å². The quantitative estimate of drug-likeness (QED) is 0.692. The summed E-state index contributed by atoms with van der Waals surface area (Å²) in [5, 5.41) is 9.59. The zero-order valence-electron chi connectivity index (χ0n) is 7.51. The summed E-state index contributed by atoms with van der Waals surface area (Å²) in [4.78, 5) is 2.02. The van der Waals surface area contributed by atoms with Crippen LogP contribution < -0.4 is 0 Å². The van der Waals surface area contributed by atoms with Gasteiger partial charge in [0.15, 0.2) is 6.29 Å². The van der Waals surface area contributed by atoms with Crippen molar-refractivity contribution in [3.05, 3.63) is 24.2 Å². The second-order valence-corrected chi connectivity index (χ2v) is 3.20. The summed E-state index contributed by atoms with van der Waals surface area (Å²) in [6.07, 6.45) is 0.815. The Morgan fingerprint density at radius 1 is 1.62 bits per heavy atom. The van der Waals surface area contributed by atoms with Gasteiger partial charge >= 0.3 is 0 Å². The maximum absolute atomic E-state index is 9.59. The highest BCUT2D eigenvalue weighted by atomic mass is 16.6. The molecule has 0 spiro atoms. The van der Waals surface area contributed by atoms with E-state index in [9.17, 15) is 5.11 Å². The lowest BCUT2D eigenvalue weighted by atomic mass is 10.1. The first-order valence-electron chi connectivity index (χ1n) is 4.32. The van der Waals surface area contributed by atoms with Crippen molar-refractivity contribution in [3.63, 3.8) is 0 Å². The Morgan fingerprint density at radius 2 is 2.46 bits per heavy atom. The van der Waals surface area contributed by atoms with Crippen molar-refractivity contribution >= 4 is 0 Å². The predicted octanol–water partition coefficient (Wildman–Crippen LogP) is 0.601. The molecule has 1 fully saturated rings. The van der Waals surface area contributed by atoms with Gasteiger partial charge in [0, 0.05) is 6.54 Å². The van der Waals surface area contributed by atoms with Crippen molar-refractivity contribution in [2.24, 2.45) is 0 Å². The van der Waals surface area contributed by atoms with Gasteiger partial charge in [0.25, 0.3) is 0 Å². The molecule has 4 heteroatoms. The number of rotatable bonds is 1. The summed E-state index contributed by atoms with van der Waals surface area (Å²) < 4.78 is 10.4. The molecular formula is C9H13NO3. The third-order valence-electron chi connectivity index (χ3n) is 2.31. The largest absolute Gasteiger partial charge is 0.467 e. The standard InChI is InChI=1S/C9H13NO3/c1-10-4-6-13-9(11)8(10)7-3-2-5-12-7/h2-3,5,8-9,11H,4,6H2,1H3. The molecule has 1 saturated heterocycles. The third kappa shape index (κ3) is 1.60. The molecule has 2 heterocycles. The zero-order valence-corrected chi connectivity index (χ0v) is 7.51. The van der Waals surface area contributed by atoms with Crippen molar-refractivity contribution in [1.29, 1.82) is 0 Å². The van der Waals surface area contributed by atoms with E-state index in [-0.39, 0.29) is 6.04 Å². The minimum Gasteiger partial charge on any atom is -0.467 e. The summed E-state index contributed by atoms with van der Waals surface area (Å²) >= 11 is 0. The first-order valence-corrected chi connectivity index (χ1v) is 4.32. The average Bonchev–Trinajstić information content (AvgIpc) is 2.57. The van der Waals surface area contributed by atoms with E-state index < -0.39 is 6.29 Å². The van der Waals surface area contributed by atoms with E-state index >= 15 is 0 Å². The van der Waals surface area contributed by atoms with E-state index in [2.05, 4.69) is 0 Å². The molecule has 1 aliphatic heterocycles. The molecule has 72 valence electrons. The van der Waals surface area contributed by atoms with Gasteiger partial charge in [-0.1, -0.05) is 0 Å². The Labute approximate surface area is 76.7 Å². The van der Waals surface area contributed by atoms with Crippen molar-refractivity contribution in [1.82, 2.24) is 4.90 Å². The highest BCUT2D eigenvalue weighted by Gasteiger charge is 2.31. The minimum absolute atomic E-state index is 0.177. The molecule has 0 amide bonds. The van der Waals surface area contributed by atoms with E-state index in [1.54, 1.807) is 6.26 Å². The Hall–Kier alpha value is -0.840. The van der Waals surface area contributed by atoms with Gasteiger partial charge in [-0.05, 0) is 19.2 Å². The molecule has 0 aromatic carbocycles. The normalized spacial score (nSPS) is 30.6. The third-order valence-corrected chi connectivity index (χ3v) is 2.31. The van der Waals surface area contributed by atoms with Crippen LogP contribution in [0.1, 0.15) is 11.8 Å². The topological polar surface area (TPSA) is 45.8 Å². The second-order valence-electron chi connectivity index (χ2n) is 3.20. The highest BCUT2D eigenvalue weighted by molar-refractivity contribution is 5.06. The minimum atomic E-state index is -0.787. The van der Waals surface area contributed by atoms with Crippen LogP contribution in [0.2, 0.25) is 0 Å². The Kier molecular flexibility index (Phi) is 2.35. The molecule has 0 radical (unpaired) electrons. The molecule has 1 aromatic rings. The predicted molar refractivity (Wildman–Crippen MR) is 46.0 cm³/mol. The molecule has 2 rings (SSSR count). The monoisotopic (exact) mass is 183 g/mol. The number of furan rings is 1. The maximum atomic E-state index is 9.59. The van der Waals surface area contributed by atoms with Crippen LogP contribution in [0.5, 0.6) is 0 Å². The molecule has 4 nitrogen and oxygen atoms in total. The molecule has 1 N–H and O–H groups in total. The highest BCUT2D eigenvalue weighted by Crippen LogP contribution is 2.26. The Bertz CT molecular complexity index is 250. The Balaban J connectivity index is 2.19. The molecule has 1 aliphatic rings. The SMILES string of the molecule is CN1CCOC(O)C1c1ccco1. The van der Waals surface area contributed by atoms with Crippen molar-refractivity contribution in [2.75, 3.05) is 20.2 Å². The fraction of sp³-hybridized carbons (Fsp3) is 0.556. The number of likely N-dealkylation sites (N-methyl/N-ethyl adjacent to an activating group) is 1. The van der Waals surface area contributed by atoms with Gasteiger partial charge < -0.3 is 14.3 Å². The van der Waals surface area contributed by atoms with Crippen LogP contribution in [-0.4, -0.2) is 36.5 Å². The van der Waals surface area contributed by atoms with Crippen LogP contribution >= 0.6 is 0 Å². The summed E-state index contributed by atoms with van der Waals surface area (Å²) in [5.41, 5.74) is 0. The van der Waals surface area contributed by atoms with E-state index in [1.165, 1.54) is 0 Å². The number of hydrogen-bond acceptors (Lipinski definition) is 4. The lowest BCUT2D eigenvalue weighted by Crippen LogP contribution is -2.42. The fourth-order valence-corrected chi connectivity index (χ4v) is 1.58. The molecule has 0 bridgehead atoms. The average molecular weight is 183 g/mol. The van der Waals surface area contributed by atoms with Gasteiger partial charge in [0.2, 0.25) is 0 Å². The van der Waals surface area contributed by atoms with Gasteiger partial charge in [-0.15, -0.1) is 0 Å². The van der Waals surface area contributed by atoms with Crippen molar-refractivity contribution in [3.8, 4) is 0 Å². The number of aliphatic hydroxyl groups excluding tert-OH is 1. The zero-order chi connectivity index (χ0) is 9.26. The summed E-state index contributed by atoms with van der Waals surface area (Å²) in [6, 6.07) is 3.48. The number of morpholine rings is 1. The molecule has 0 aliphatic carbocycles. The van der Waals surface area contributed by atoms with E-state index in [4.69, 9.17) is 9.15 Å². The van der Waals surface area contributed by atoms with E-state index in [0.717, 1.165) is 12.3 Å². The maximum Gasteiger partial charge on any atom is 0.177 e. The molecule has 1 aromatic heterocycles. The van der Waals surface area contributed by atoms with Gasteiger partial charge in [0.1, 0.15) is 11.8 Å².